The van der Waals surface area contributed by atoms with Gasteiger partial charge in [0.15, 0.2) is 0 Å². The number of ether oxygens (including phenoxy) is 3. The smallest absolute Gasteiger partial charge is 0.427 e. The highest BCUT2D eigenvalue weighted by atomic mass is 16.8. The van der Waals surface area contributed by atoms with Crippen LogP contribution in [0.4, 0.5) is 4.79 Å². The molecule has 4 nitrogen and oxygen atoms in total. The third-order valence-electron chi connectivity index (χ3n) is 2.94. The zero-order valence-electron chi connectivity index (χ0n) is 10.5. The number of carbonyl (C=O) groups is 1. The second-order valence-electron chi connectivity index (χ2n) is 4.41. The van der Waals surface area contributed by atoms with E-state index in [9.17, 15) is 4.79 Å². The SMILES string of the molecule is C[C@@H]1OC(=O)O[C@H]1CCCOCc1ccccc1. The Balaban J connectivity index is 1.58. The van der Waals surface area contributed by atoms with Crippen molar-refractivity contribution < 1.29 is 19.0 Å². The molecular weight excluding hydrogens is 232 g/mol. The summed E-state index contributed by atoms with van der Waals surface area (Å²) >= 11 is 0. The van der Waals surface area contributed by atoms with E-state index in [0.717, 1.165) is 12.8 Å². The fraction of sp³-hybridized carbons (Fsp3) is 0.500. The van der Waals surface area contributed by atoms with Crippen molar-refractivity contribution in [2.24, 2.45) is 0 Å². The van der Waals surface area contributed by atoms with Crippen molar-refractivity contribution in [3.8, 4) is 0 Å². The van der Waals surface area contributed by atoms with Crippen LogP contribution in [0, 0.1) is 0 Å². The number of cyclic esters (lactones) is 2. The van der Waals surface area contributed by atoms with Gasteiger partial charge < -0.3 is 14.2 Å². The number of hydrogen-bond acceptors (Lipinski definition) is 4. The Kier molecular flexibility index (Phi) is 4.59. The first-order chi connectivity index (χ1) is 8.75. The van der Waals surface area contributed by atoms with E-state index in [1.165, 1.54) is 5.56 Å². The highest BCUT2D eigenvalue weighted by molar-refractivity contribution is 5.62. The zero-order valence-corrected chi connectivity index (χ0v) is 10.5. The van der Waals surface area contributed by atoms with Crippen LogP contribution in [0.3, 0.4) is 0 Å². The largest absolute Gasteiger partial charge is 0.509 e. The highest BCUT2D eigenvalue weighted by Gasteiger charge is 2.32. The van der Waals surface area contributed by atoms with Crippen LogP contribution < -0.4 is 0 Å². The van der Waals surface area contributed by atoms with Gasteiger partial charge in [-0.3, -0.25) is 0 Å². The molecule has 2 atom stereocenters. The Labute approximate surface area is 107 Å². The fourth-order valence-electron chi connectivity index (χ4n) is 1.92. The molecule has 0 N–H and O–H groups in total. The Bertz CT molecular complexity index is 377. The second-order valence-corrected chi connectivity index (χ2v) is 4.41. The van der Waals surface area contributed by atoms with Crippen LogP contribution in [0.25, 0.3) is 0 Å². The molecule has 1 heterocycles. The zero-order chi connectivity index (χ0) is 12.8. The number of rotatable bonds is 6. The third kappa shape index (κ3) is 3.74. The van der Waals surface area contributed by atoms with E-state index in [1.807, 2.05) is 37.3 Å². The van der Waals surface area contributed by atoms with Crippen LogP contribution in [-0.4, -0.2) is 25.0 Å². The summed E-state index contributed by atoms with van der Waals surface area (Å²) in [7, 11) is 0. The van der Waals surface area contributed by atoms with Crippen LogP contribution in [0.1, 0.15) is 25.3 Å². The molecule has 98 valence electrons. The van der Waals surface area contributed by atoms with E-state index in [4.69, 9.17) is 14.2 Å². The van der Waals surface area contributed by atoms with Crippen molar-refractivity contribution in [2.45, 2.75) is 38.6 Å². The van der Waals surface area contributed by atoms with E-state index >= 15 is 0 Å². The molecule has 0 aromatic heterocycles. The Morgan fingerprint density at radius 3 is 2.67 bits per heavy atom. The molecule has 2 rings (SSSR count). The van der Waals surface area contributed by atoms with Crippen LogP contribution in [0.5, 0.6) is 0 Å². The maximum Gasteiger partial charge on any atom is 0.509 e. The summed E-state index contributed by atoms with van der Waals surface area (Å²) in [5.41, 5.74) is 1.17. The summed E-state index contributed by atoms with van der Waals surface area (Å²) < 4.78 is 15.5. The highest BCUT2D eigenvalue weighted by Crippen LogP contribution is 2.18. The maximum atomic E-state index is 10.9. The third-order valence-corrected chi connectivity index (χ3v) is 2.94. The van der Waals surface area contributed by atoms with E-state index in [1.54, 1.807) is 0 Å². The fourth-order valence-corrected chi connectivity index (χ4v) is 1.92. The van der Waals surface area contributed by atoms with Crippen molar-refractivity contribution in [1.82, 2.24) is 0 Å². The molecule has 1 aliphatic rings. The van der Waals surface area contributed by atoms with Crippen molar-refractivity contribution >= 4 is 6.16 Å². The molecule has 1 aromatic rings. The minimum absolute atomic E-state index is 0.127. The summed E-state index contributed by atoms with van der Waals surface area (Å²) in [5.74, 6) is 0. The van der Waals surface area contributed by atoms with Gasteiger partial charge in [-0.1, -0.05) is 30.3 Å². The number of carbonyl (C=O) groups excluding carboxylic acids is 1. The molecule has 0 aliphatic carbocycles. The van der Waals surface area contributed by atoms with Gasteiger partial charge in [-0.2, -0.15) is 0 Å². The second kappa shape index (κ2) is 6.40. The van der Waals surface area contributed by atoms with Gasteiger partial charge >= 0.3 is 6.16 Å². The average molecular weight is 250 g/mol. The monoisotopic (exact) mass is 250 g/mol. The Morgan fingerprint density at radius 1 is 1.22 bits per heavy atom. The van der Waals surface area contributed by atoms with E-state index < -0.39 is 6.16 Å². The van der Waals surface area contributed by atoms with Crippen LogP contribution in [0.15, 0.2) is 30.3 Å². The first-order valence-electron chi connectivity index (χ1n) is 6.24. The molecule has 0 amide bonds. The van der Waals surface area contributed by atoms with Gasteiger partial charge in [0.1, 0.15) is 12.2 Å². The molecule has 1 aromatic carbocycles. The lowest BCUT2D eigenvalue weighted by atomic mass is 10.1. The Hall–Kier alpha value is -1.55. The lowest BCUT2D eigenvalue weighted by molar-refractivity contribution is 0.0925. The molecule has 4 heteroatoms. The first-order valence-corrected chi connectivity index (χ1v) is 6.24. The van der Waals surface area contributed by atoms with Crippen molar-refractivity contribution in [3.05, 3.63) is 35.9 Å². The molecule has 18 heavy (non-hydrogen) atoms. The van der Waals surface area contributed by atoms with Crippen LogP contribution in [0.2, 0.25) is 0 Å². The molecule has 0 bridgehead atoms. The number of hydrogen-bond donors (Lipinski definition) is 0. The summed E-state index contributed by atoms with van der Waals surface area (Å²) in [6, 6.07) is 10.0. The van der Waals surface area contributed by atoms with Crippen LogP contribution >= 0.6 is 0 Å². The van der Waals surface area contributed by atoms with Crippen LogP contribution in [-0.2, 0) is 20.8 Å². The molecule has 1 aliphatic heterocycles. The van der Waals surface area contributed by atoms with Crippen molar-refractivity contribution in [3.63, 3.8) is 0 Å². The molecule has 0 saturated carbocycles. The average Bonchev–Trinajstić information content (AvgIpc) is 2.69. The molecule has 0 spiro atoms. The summed E-state index contributed by atoms with van der Waals surface area (Å²) in [4.78, 5) is 10.9. The Morgan fingerprint density at radius 2 is 2.00 bits per heavy atom. The molecule has 0 radical (unpaired) electrons. The van der Waals surface area contributed by atoms with Gasteiger partial charge in [0, 0.05) is 6.61 Å². The molecule has 1 saturated heterocycles. The van der Waals surface area contributed by atoms with E-state index in [2.05, 4.69) is 0 Å². The normalized spacial score (nSPS) is 22.6. The summed E-state index contributed by atoms with van der Waals surface area (Å²) in [6.45, 7) is 3.13. The van der Waals surface area contributed by atoms with Crippen molar-refractivity contribution in [1.29, 1.82) is 0 Å². The molecule has 1 fully saturated rings. The van der Waals surface area contributed by atoms with E-state index in [0.29, 0.717) is 13.2 Å². The molecule has 0 unspecified atom stereocenters. The summed E-state index contributed by atoms with van der Waals surface area (Å²) in [5, 5.41) is 0. The quantitative estimate of drug-likeness (QED) is 0.575. The minimum atomic E-state index is -0.558. The van der Waals surface area contributed by atoms with Gasteiger partial charge in [0.05, 0.1) is 6.61 Å². The maximum absolute atomic E-state index is 10.9. The lowest BCUT2D eigenvalue weighted by Crippen LogP contribution is -2.19. The first kappa shape index (κ1) is 12.9. The van der Waals surface area contributed by atoms with Gasteiger partial charge in [0.2, 0.25) is 0 Å². The van der Waals surface area contributed by atoms with Gasteiger partial charge in [0.25, 0.3) is 0 Å². The van der Waals surface area contributed by atoms with Gasteiger partial charge in [-0.05, 0) is 25.3 Å². The lowest BCUT2D eigenvalue weighted by Gasteiger charge is -2.10. The van der Waals surface area contributed by atoms with E-state index in [-0.39, 0.29) is 12.2 Å². The van der Waals surface area contributed by atoms with Crippen molar-refractivity contribution in [2.75, 3.05) is 6.61 Å². The standard InChI is InChI=1S/C14H18O4/c1-11-13(18-14(15)17-11)8-5-9-16-10-12-6-3-2-4-7-12/h2-4,6-7,11,13H,5,8-10H2,1H3/t11-,13-/m0/s1. The minimum Gasteiger partial charge on any atom is -0.427 e. The predicted octanol–water partition coefficient (Wildman–Crippen LogP) is 2.91. The molecular formula is C14H18O4. The topological polar surface area (TPSA) is 44.8 Å². The number of benzene rings is 1. The van der Waals surface area contributed by atoms with Gasteiger partial charge in [-0.25, -0.2) is 4.79 Å². The van der Waals surface area contributed by atoms with Gasteiger partial charge in [-0.15, -0.1) is 0 Å². The summed E-state index contributed by atoms with van der Waals surface area (Å²) in [6.07, 6.45) is 0.808. The predicted molar refractivity (Wildman–Crippen MR) is 66.1 cm³/mol.